The number of anilines is 2. The average Bonchev–Trinajstić information content (AvgIpc) is 3.21. The van der Waals surface area contributed by atoms with Gasteiger partial charge in [-0.15, -0.1) is 0 Å². The lowest BCUT2D eigenvalue weighted by Gasteiger charge is -2.28. The number of carbonyl (C=O) groups excluding carboxylic acids is 4. The van der Waals surface area contributed by atoms with Crippen LogP contribution in [0.25, 0.3) is 0 Å². The highest BCUT2D eigenvalue weighted by atomic mass is 79.9. The number of fused-ring (bicyclic) bond motifs is 1. The molecule has 1 heterocycles. The van der Waals surface area contributed by atoms with Gasteiger partial charge in [0.1, 0.15) is 0 Å². The molecule has 3 aromatic rings. The van der Waals surface area contributed by atoms with Gasteiger partial charge in [0.25, 0.3) is 5.91 Å². The number of esters is 1. The van der Waals surface area contributed by atoms with Crippen molar-refractivity contribution in [1.82, 2.24) is 0 Å². The number of carbonyl (C=O) groups is 4. The number of hydrogen-bond acceptors (Lipinski definition) is 5. The van der Waals surface area contributed by atoms with Crippen molar-refractivity contribution in [3.63, 3.8) is 0 Å². The molecule has 200 valence electrons. The van der Waals surface area contributed by atoms with Crippen molar-refractivity contribution in [3.8, 4) is 0 Å². The number of nitrogens with zero attached hydrogens (tertiary/aromatic N) is 1. The molecular weight excluding hydrogens is 560 g/mol. The summed E-state index contributed by atoms with van der Waals surface area (Å²) in [7, 11) is 0. The van der Waals surface area contributed by atoms with Gasteiger partial charge in [0.2, 0.25) is 11.8 Å². The normalized spacial score (nSPS) is 20.5. The summed E-state index contributed by atoms with van der Waals surface area (Å²) in [5.74, 6) is -1.86. The number of ether oxygens (including phenoxy) is 1. The quantitative estimate of drug-likeness (QED) is 0.284. The van der Waals surface area contributed by atoms with Crippen molar-refractivity contribution < 1.29 is 23.9 Å². The van der Waals surface area contributed by atoms with Crippen molar-refractivity contribution >= 4 is 51.0 Å². The summed E-state index contributed by atoms with van der Waals surface area (Å²) >= 11 is 3.46. The molecule has 1 aliphatic carbocycles. The maximum Gasteiger partial charge on any atom is 0.338 e. The number of nitrogens with one attached hydrogen (secondary N) is 1. The first-order chi connectivity index (χ1) is 18.7. The molecule has 2 aliphatic rings. The van der Waals surface area contributed by atoms with E-state index in [1.165, 1.54) is 22.6 Å². The Morgan fingerprint density at radius 3 is 2.31 bits per heavy atom. The molecule has 3 atom stereocenters. The van der Waals surface area contributed by atoms with E-state index in [0.717, 1.165) is 22.0 Å². The number of amides is 3. The summed E-state index contributed by atoms with van der Waals surface area (Å²) in [6, 6.07) is 19.9. The zero-order valence-electron chi connectivity index (χ0n) is 21.8. The zero-order valence-corrected chi connectivity index (χ0v) is 23.4. The summed E-state index contributed by atoms with van der Waals surface area (Å²) in [4.78, 5) is 52.6. The minimum Gasteiger partial charge on any atom is -0.452 e. The first-order valence-electron chi connectivity index (χ1n) is 13.0. The largest absolute Gasteiger partial charge is 0.452 e. The molecule has 1 N–H and O–H groups in total. The Kier molecular flexibility index (Phi) is 7.66. The van der Waals surface area contributed by atoms with E-state index in [2.05, 4.69) is 33.4 Å². The van der Waals surface area contributed by atoms with Gasteiger partial charge in [-0.1, -0.05) is 46.3 Å². The fourth-order valence-electron chi connectivity index (χ4n) is 5.53. The van der Waals surface area contributed by atoms with E-state index in [0.29, 0.717) is 24.2 Å². The van der Waals surface area contributed by atoms with Crippen LogP contribution in [0.5, 0.6) is 0 Å². The Morgan fingerprint density at radius 2 is 1.59 bits per heavy atom. The smallest absolute Gasteiger partial charge is 0.338 e. The van der Waals surface area contributed by atoms with Crippen molar-refractivity contribution in [2.75, 3.05) is 16.8 Å². The minimum absolute atomic E-state index is 0.179. The predicted molar refractivity (Wildman–Crippen MR) is 151 cm³/mol. The number of benzene rings is 3. The number of imide groups is 1. The molecular formula is C31H29BrN2O5. The summed E-state index contributed by atoms with van der Waals surface area (Å²) < 4.78 is 6.13. The van der Waals surface area contributed by atoms with E-state index in [4.69, 9.17) is 4.74 Å². The second-order valence-corrected chi connectivity index (χ2v) is 11.0. The fourth-order valence-corrected chi connectivity index (χ4v) is 5.96. The molecule has 5 rings (SSSR count). The van der Waals surface area contributed by atoms with Crippen LogP contribution in [0.15, 0.2) is 71.2 Å². The van der Waals surface area contributed by atoms with E-state index < -0.39 is 18.5 Å². The van der Waals surface area contributed by atoms with Crippen LogP contribution >= 0.6 is 15.9 Å². The molecule has 1 saturated heterocycles. The van der Waals surface area contributed by atoms with E-state index in [1.54, 1.807) is 18.2 Å². The Balaban J connectivity index is 1.20. The van der Waals surface area contributed by atoms with Crippen LogP contribution in [0.3, 0.4) is 0 Å². The van der Waals surface area contributed by atoms with E-state index in [1.807, 2.05) is 38.1 Å². The van der Waals surface area contributed by atoms with E-state index in [-0.39, 0.29) is 35.1 Å². The summed E-state index contributed by atoms with van der Waals surface area (Å²) in [6.45, 7) is 3.40. The molecule has 0 unspecified atom stereocenters. The van der Waals surface area contributed by atoms with Gasteiger partial charge in [0.15, 0.2) is 6.61 Å². The van der Waals surface area contributed by atoms with E-state index >= 15 is 0 Å². The Morgan fingerprint density at radius 1 is 0.897 bits per heavy atom. The third-order valence-electron chi connectivity index (χ3n) is 7.89. The van der Waals surface area contributed by atoms with Crippen LogP contribution in [0.2, 0.25) is 0 Å². The van der Waals surface area contributed by atoms with Crippen LogP contribution in [0, 0.1) is 25.7 Å². The third-order valence-corrected chi connectivity index (χ3v) is 8.75. The SMILES string of the molecule is Cc1c(Br)ccc(NC(=O)COC(=O)c2ccc(N3C(=O)[C@H]4C[C@H](c5ccccc5)CC[C@H]4C3=O)cc2)c1C. The van der Waals surface area contributed by atoms with Crippen LogP contribution in [0.4, 0.5) is 11.4 Å². The standard InChI is InChI=1S/C31H29BrN2O5/c1-18-19(2)27(15-14-26(18)32)33-28(35)17-39-31(38)21-8-11-23(12-9-21)34-29(36)24-13-10-22(16-25(24)30(34)37)20-6-4-3-5-7-20/h3-9,11-12,14-15,22,24-25H,10,13,16-17H2,1-2H3,(H,33,35)/t22-,24-,25+/m1/s1. The van der Waals surface area contributed by atoms with Gasteiger partial charge < -0.3 is 10.1 Å². The van der Waals surface area contributed by atoms with Gasteiger partial charge >= 0.3 is 5.97 Å². The third kappa shape index (κ3) is 5.39. The number of halogens is 1. The highest BCUT2D eigenvalue weighted by Gasteiger charge is 2.50. The second-order valence-electron chi connectivity index (χ2n) is 10.2. The first-order valence-corrected chi connectivity index (χ1v) is 13.8. The van der Waals surface area contributed by atoms with Gasteiger partial charge in [-0.25, -0.2) is 4.79 Å². The maximum atomic E-state index is 13.3. The summed E-state index contributed by atoms with van der Waals surface area (Å²) in [5.41, 5.74) is 4.44. The van der Waals surface area contributed by atoms with Gasteiger partial charge in [0, 0.05) is 10.2 Å². The van der Waals surface area contributed by atoms with Crippen LogP contribution in [-0.4, -0.2) is 30.3 Å². The van der Waals surface area contributed by atoms with Crippen LogP contribution in [0.1, 0.15) is 52.2 Å². The zero-order chi connectivity index (χ0) is 27.7. The Labute approximate surface area is 235 Å². The molecule has 0 aromatic heterocycles. The summed E-state index contributed by atoms with van der Waals surface area (Å²) in [6.07, 6.45) is 2.20. The highest BCUT2D eigenvalue weighted by Crippen LogP contribution is 2.45. The Hall–Kier alpha value is -3.78. The maximum absolute atomic E-state index is 13.3. The molecule has 0 spiro atoms. The molecule has 39 heavy (non-hydrogen) atoms. The van der Waals surface area contributed by atoms with Crippen LogP contribution in [-0.2, 0) is 19.1 Å². The number of rotatable bonds is 6. The monoisotopic (exact) mass is 588 g/mol. The molecule has 8 heteroatoms. The minimum atomic E-state index is -0.668. The van der Waals surface area contributed by atoms with Gasteiger partial charge in [-0.2, -0.15) is 0 Å². The lowest BCUT2D eigenvalue weighted by atomic mass is 9.73. The molecule has 0 radical (unpaired) electrons. The molecule has 3 aromatic carbocycles. The highest BCUT2D eigenvalue weighted by molar-refractivity contribution is 9.10. The Bertz CT molecular complexity index is 1440. The van der Waals surface area contributed by atoms with Crippen molar-refractivity contribution in [3.05, 3.63) is 93.5 Å². The molecule has 1 saturated carbocycles. The first kappa shape index (κ1) is 26.8. The molecule has 1 aliphatic heterocycles. The number of hydrogen-bond donors (Lipinski definition) is 1. The second kappa shape index (κ2) is 11.1. The van der Waals surface area contributed by atoms with Crippen LogP contribution < -0.4 is 10.2 Å². The average molecular weight is 589 g/mol. The molecule has 2 fully saturated rings. The topological polar surface area (TPSA) is 92.8 Å². The predicted octanol–water partition coefficient (Wildman–Crippen LogP) is 5.93. The fraction of sp³-hybridized carbons (Fsp3) is 0.290. The lowest BCUT2D eigenvalue weighted by molar-refractivity contribution is -0.122. The van der Waals surface area contributed by atoms with Crippen molar-refractivity contribution in [2.45, 2.75) is 39.0 Å². The summed E-state index contributed by atoms with van der Waals surface area (Å²) in [5, 5.41) is 2.76. The molecule has 3 amide bonds. The lowest BCUT2D eigenvalue weighted by Crippen LogP contribution is -2.30. The van der Waals surface area contributed by atoms with Gasteiger partial charge in [-0.3, -0.25) is 19.3 Å². The van der Waals surface area contributed by atoms with Gasteiger partial charge in [-0.05, 0) is 92.1 Å². The molecule has 7 nitrogen and oxygen atoms in total. The van der Waals surface area contributed by atoms with Crippen molar-refractivity contribution in [1.29, 1.82) is 0 Å². The van der Waals surface area contributed by atoms with E-state index in [9.17, 15) is 19.2 Å². The van der Waals surface area contributed by atoms with Gasteiger partial charge in [0.05, 0.1) is 23.1 Å². The molecule has 0 bridgehead atoms. The van der Waals surface area contributed by atoms with Crippen molar-refractivity contribution in [2.24, 2.45) is 11.8 Å².